The van der Waals surface area contributed by atoms with Gasteiger partial charge in [0.2, 0.25) is 15.8 Å². The smallest absolute Gasteiger partial charge is 0.225 e. The zero-order chi connectivity index (χ0) is 23.7. The molecule has 2 aliphatic rings. The Morgan fingerprint density at radius 3 is 2.50 bits per heavy atom. The van der Waals surface area contributed by atoms with E-state index in [1.54, 1.807) is 24.3 Å². The van der Waals surface area contributed by atoms with Gasteiger partial charge < -0.3 is 14.4 Å². The summed E-state index contributed by atoms with van der Waals surface area (Å²) in [6, 6.07) is 9.58. The van der Waals surface area contributed by atoms with Crippen LogP contribution in [0.1, 0.15) is 25.3 Å². The Bertz CT molecular complexity index is 1290. The molecule has 0 aliphatic carbocycles. The quantitative estimate of drug-likeness (QED) is 0.518. The summed E-state index contributed by atoms with van der Waals surface area (Å²) in [6.45, 7) is 4.22. The van der Waals surface area contributed by atoms with Crippen LogP contribution >= 0.6 is 0 Å². The van der Waals surface area contributed by atoms with Gasteiger partial charge in [0, 0.05) is 25.5 Å². The van der Waals surface area contributed by atoms with Crippen LogP contribution < -0.4 is 14.4 Å². The summed E-state index contributed by atoms with van der Waals surface area (Å²) in [5.74, 6) is 0.799. The normalized spacial score (nSPS) is 17.3. The number of fused-ring (bicyclic) bond motifs is 1. The van der Waals surface area contributed by atoms with Gasteiger partial charge in [-0.15, -0.1) is 0 Å². The monoisotopic (exact) mass is 483 g/mol. The van der Waals surface area contributed by atoms with Gasteiger partial charge in [-0.3, -0.25) is 0 Å². The summed E-state index contributed by atoms with van der Waals surface area (Å²) < 4.78 is 49.6. The van der Waals surface area contributed by atoms with Crippen LogP contribution in [0.15, 0.2) is 53.7 Å². The fourth-order valence-corrected chi connectivity index (χ4v) is 5.37. The largest absolute Gasteiger partial charge is 0.490 e. The summed E-state index contributed by atoms with van der Waals surface area (Å²) in [5, 5.41) is 0. The van der Waals surface area contributed by atoms with Crippen molar-refractivity contribution >= 4 is 15.8 Å². The van der Waals surface area contributed by atoms with Gasteiger partial charge in [-0.2, -0.15) is 0 Å². The van der Waals surface area contributed by atoms with Crippen LogP contribution in [-0.2, 0) is 16.3 Å². The van der Waals surface area contributed by atoms with Gasteiger partial charge in [0.15, 0.2) is 17.5 Å². The second-order valence-electron chi connectivity index (χ2n) is 8.67. The highest BCUT2D eigenvalue weighted by Gasteiger charge is 2.28. The zero-order valence-electron chi connectivity index (χ0n) is 18.9. The Kier molecular flexibility index (Phi) is 6.12. The zero-order valence-corrected chi connectivity index (χ0v) is 19.7. The topological polar surface area (TPSA) is 81.6 Å². The lowest BCUT2D eigenvalue weighted by Gasteiger charge is -2.31. The predicted molar refractivity (Wildman–Crippen MR) is 126 cm³/mol. The molecule has 1 aromatic heterocycles. The van der Waals surface area contributed by atoms with Gasteiger partial charge >= 0.3 is 0 Å². The molecule has 178 valence electrons. The Morgan fingerprint density at radius 1 is 1.09 bits per heavy atom. The molecule has 3 aromatic rings. The van der Waals surface area contributed by atoms with Crippen molar-refractivity contribution in [2.75, 3.05) is 30.5 Å². The maximum Gasteiger partial charge on any atom is 0.225 e. The number of nitrogens with zero attached hydrogens (tertiary/aromatic N) is 3. The Hall–Kier alpha value is -3.20. The average Bonchev–Trinajstić information content (AvgIpc) is 3.17. The van der Waals surface area contributed by atoms with Crippen LogP contribution in [-0.4, -0.2) is 44.0 Å². The molecule has 0 N–H and O–H groups in total. The summed E-state index contributed by atoms with van der Waals surface area (Å²) in [5.41, 5.74) is 2.43. The molecule has 0 atom stereocenters. The molecule has 0 unspecified atom stereocenters. The second-order valence-corrected chi connectivity index (χ2v) is 10.6. The summed E-state index contributed by atoms with van der Waals surface area (Å²) >= 11 is 0. The van der Waals surface area contributed by atoms with Gasteiger partial charge in [-0.1, -0.05) is 19.1 Å². The first kappa shape index (κ1) is 22.6. The van der Waals surface area contributed by atoms with Crippen LogP contribution in [0.5, 0.6) is 11.5 Å². The first-order valence-corrected chi connectivity index (χ1v) is 13.1. The maximum atomic E-state index is 14.8. The van der Waals surface area contributed by atoms with Crippen molar-refractivity contribution in [3.05, 3.63) is 60.2 Å². The van der Waals surface area contributed by atoms with E-state index in [4.69, 9.17) is 9.47 Å². The number of hydrogen-bond acceptors (Lipinski definition) is 7. The SMILES string of the molecule is CCc1cnc(N2CCC(COc3ccc(-c4ccc5c(c4)OCS5(=O)=O)cc3F)CC2)nc1. The number of rotatable bonds is 6. The third-order valence-corrected chi connectivity index (χ3v) is 7.82. The molecule has 0 amide bonds. The standard InChI is InChI=1S/C25H26FN3O4S/c1-2-17-13-27-25(28-14-17)29-9-7-18(8-10-29)15-32-22-5-3-19(11-21(22)26)20-4-6-24-23(12-20)33-16-34(24,30)31/h3-6,11-14,18H,2,7-10,15-16H2,1H3. The molecule has 1 saturated heterocycles. The van der Waals surface area contributed by atoms with Gasteiger partial charge in [-0.25, -0.2) is 22.8 Å². The summed E-state index contributed by atoms with van der Waals surface area (Å²) in [6.07, 6.45) is 6.53. The third kappa shape index (κ3) is 4.57. The number of aromatic nitrogens is 2. The molecule has 2 aromatic carbocycles. The van der Waals surface area contributed by atoms with Gasteiger partial charge in [0.25, 0.3) is 0 Å². The van der Waals surface area contributed by atoms with E-state index in [9.17, 15) is 12.8 Å². The molecular weight excluding hydrogens is 457 g/mol. The lowest BCUT2D eigenvalue weighted by molar-refractivity contribution is 0.215. The van der Waals surface area contributed by atoms with Gasteiger partial charge in [-0.05, 0) is 66.1 Å². The molecule has 9 heteroatoms. The molecule has 5 rings (SSSR count). The van der Waals surface area contributed by atoms with Gasteiger partial charge in [0.1, 0.15) is 10.6 Å². The number of anilines is 1. The summed E-state index contributed by atoms with van der Waals surface area (Å²) in [7, 11) is -3.39. The molecule has 0 radical (unpaired) electrons. The number of piperidine rings is 1. The van der Waals surface area contributed by atoms with Crippen molar-refractivity contribution in [2.24, 2.45) is 5.92 Å². The van der Waals surface area contributed by atoms with E-state index in [-0.39, 0.29) is 16.6 Å². The minimum absolute atomic E-state index is 0.173. The van der Waals surface area contributed by atoms with Crippen LogP contribution in [0, 0.1) is 11.7 Å². The molecule has 2 aliphatic heterocycles. The third-order valence-electron chi connectivity index (χ3n) is 6.39. The van der Waals surface area contributed by atoms with Crippen LogP contribution in [0.25, 0.3) is 11.1 Å². The van der Waals surface area contributed by atoms with Crippen LogP contribution in [0.2, 0.25) is 0 Å². The summed E-state index contributed by atoms with van der Waals surface area (Å²) in [4.78, 5) is 11.3. The van der Waals surface area contributed by atoms with E-state index in [2.05, 4.69) is 21.8 Å². The molecule has 34 heavy (non-hydrogen) atoms. The lowest BCUT2D eigenvalue weighted by Crippen LogP contribution is -2.36. The van der Waals surface area contributed by atoms with Crippen molar-refractivity contribution in [3.8, 4) is 22.6 Å². The minimum Gasteiger partial charge on any atom is -0.490 e. The molecular formula is C25H26FN3O4S. The fourth-order valence-electron chi connectivity index (χ4n) is 4.26. The molecule has 0 bridgehead atoms. The highest BCUT2D eigenvalue weighted by Crippen LogP contribution is 2.36. The van der Waals surface area contributed by atoms with E-state index < -0.39 is 15.7 Å². The molecule has 0 spiro atoms. The number of ether oxygens (including phenoxy) is 2. The van der Waals surface area contributed by atoms with Crippen molar-refractivity contribution in [3.63, 3.8) is 0 Å². The first-order valence-electron chi connectivity index (χ1n) is 11.4. The number of sulfone groups is 1. The van der Waals surface area contributed by atoms with Crippen LogP contribution in [0.3, 0.4) is 0 Å². The maximum absolute atomic E-state index is 14.8. The molecule has 1 fully saturated rings. The van der Waals surface area contributed by atoms with E-state index >= 15 is 0 Å². The van der Waals surface area contributed by atoms with Crippen LogP contribution in [0.4, 0.5) is 10.3 Å². The van der Waals surface area contributed by atoms with Gasteiger partial charge in [0.05, 0.1) is 6.61 Å². The van der Waals surface area contributed by atoms with Crippen molar-refractivity contribution < 1.29 is 22.3 Å². The van der Waals surface area contributed by atoms with Crippen molar-refractivity contribution in [1.82, 2.24) is 9.97 Å². The number of hydrogen-bond donors (Lipinski definition) is 0. The number of aryl methyl sites for hydroxylation is 1. The Labute approximate surface area is 198 Å². The highest BCUT2D eigenvalue weighted by molar-refractivity contribution is 7.91. The Balaban J connectivity index is 1.18. The Morgan fingerprint density at radius 2 is 1.79 bits per heavy atom. The average molecular weight is 484 g/mol. The molecule has 0 saturated carbocycles. The van der Waals surface area contributed by atoms with E-state index in [0.29, 0.717) is 29.4 Å². The highest BCUT2D eigenvalue weighted by atomic mass is 32.2. The lowest BCUT2D eigenvalue weighted by atomic mass is 9.98. The van der Waals surface area contributed by atoms with Crippen molar-refractivity contribution in [1.29, 1.82) is 0 Å². The van der Waals surface area contributed by atoms with E-state index in [1.807, 2.05) is 12.4 Å². The number of benzene rings is 2. The number of halogens is 1. The minimum atomic E-state index is -3.39. The van der Waals surface area contributed by atoms with Crippen molar-refractivity contribution in [2.45, 2.75) is 31.1 Å². The predicted octanol–water partition coefficient (Wildman–Crippen LogP) is 4.26. The fraction of sp³-hybridized carbons (Fsp3) is 0.360. The first-order chi connectivity index (χ1) is 16.4. The molecule has 3 heterocycles. The van der Waals surface area contributed by atoms with E-state index in [0.717, 1.165) is 43.9 Å². The van der Waals surface area contributed by atoms with E-state index in [1.165, 1.54) is 12.1 Å². The second kappa shape index (κ2) is 9.21. The molecule has 7 nitrogen and oxygen atoms in total.